The molecule has 0 aliphatic heterocycles. The van der Waals surface area contributed by atoms with Gasteiger partial charge in [-0.15, -0.1) is 0 Å². The summed E-state index contributed by atoms with van der Waals surface area (Å²) in [6.45, 7) is 0. The number of carbonyl (C=O) groups is 1. The van der Waals surface area contributed by atoms with E-state index in [4.69, 9.17) is 10.5 Å². The van der Waals surface area contributed by atoms with Crippen molar-refractivity contribution in [2.24, 2.45) is 5.73 Å². The number of ether oxygens (including phenoxy) is 1. The lowest BCUT2D eigenvalue weighted by Gasteiger charge is -2.06. The van der Waals surface area contributed by atoms with Crippen molar-refractivity contribution in [2.45, 2.75) is 18.8 Å². The molecule has 4 heteroatoms. The fourth-order valence-electron chi connectivity index (χ4n) is 1.93. The Balaban J connectivity index is 1.71. The Morgan fingerprint density at radius 2 is 1.89 bits per heavy atom. The van der Waals surface area contributed by atoms with Crippen molar-refractivity contribution in [2.75, 3.05) is 0 Å². The van der Waals surface area contributed by atoms with Gasteiger partial charge in [0.1, 0.15) is 5.75 Å². The lowest BCUT2D eigenvalue weighted by Crippen LogP contribution is -2.10. The average Bonchev–Trinajstić information content (AvgIpc) is 3.25. The predicted molar refractivity (Wildman–Crippen MR) is 71.2 cm³/mol. The van der Waals surface area contributed by atoms with Crippen LogP contribution in [0.4, 0.5) is 0 Å². The van der Waals surface area contributed by atoms with Gasteiger partial charge in [0, 0.05) is 12.3 Å². The van der Waals surface area contributed by atoms with Crippen molar-refractivity contribution in [3.8, 4) is 11.6 Å². The fourth-order valence-corrected chi connectivity index (χ4v) is 1.93. The summed E-state index contributed by atoms with van der Waals surface area (Å²) in [5.41, 5.74) is 6.88. The van der Waals surface area contributed by atoms with Crippen LogP contribution in [-0.4, -0.2) is 10.9 Å². The molecule has 1 aromatic heterocycles. The largest absolute Gasteiger partial charge is 0.439 e. The highest BCUT2D eigenvalue weighted by atomic mass is 16.5. The van der Waals surface area contributed by atoms with Crippen LogP contribution in [0.1, 0.15) is 34.7 Å². The van der Waals surface area contributed by atoms with E-state index in [0.717, 1.165) is 11.7 Å². The first-order valence-electron chi connectivity index (χ1n) is 6.26. The van der Waals surface area contributed by atoms with Gasteiger partial charge in [0.05, 0.1) is 5.56 Å². The Bertz CT molecular complexity index is 587. The molecule has 19 heavy (non-hydrogen) atoms. The molecule has 3 rings (SSSR count). The van der Waals surface area contributed by atoms with Gasteiger partial charge in [0.2, 0.25) is 11.8 Å². The highest BCUT2D eigenvalue weighted by Gasteiger charge is 2.22. The Morgan fingerprint density at radius 1 is 1.16 bits per heavy atom. The normalized spacial score (nSPS) is 14.1. The molecule has 1 aliphatic carbocycles. The van der Waals surface area contributed by atoms with E-state index in [1.807, 2.05) is 12.1 Å². The number of carbonyl (C=O) groups excluding carboxylic acids is 1. The van der Waals surface area contributed by atoms with Gasteiger partial charge in [0.25, 0.3) is 0 Å². The number of pyridine rings is 1. The Morgan fingerprint density at radius 3 is 2.42 bits per heavy atom. The second-order valence-electron chi connectivity index (χ2n) is 4.69. The molecular weight excluding hydrogens is 240 g/mol. The van der Waals surface area contributed by atoms with E-state index in [1.165, 1.54) is 24.6 Å². The van der Waals surface area contributed by atoms with Crippen molar-refractivity contribution in [3.05, 3.63) is 53.7 Å². The van der Waals surface area contributed by atoms with Crippen molar-refractivity contribution in [1.29, 1.82) is 0 Å². The SMILES string of the molecule is NC(=O)c1ccc(Oc2ccc(C3CC3)cc2)nc1. The van der Waals surface area contributed by atoms with Gasteiger partial charge in [-0.1, -0.05) is 12.1 Å². The molecule has 2 aromatic rings. The minimum atomic E-state index is -0.493. The quantitative estimate of drug-likeness (QED) is 0.912. The Labute approximate surface area is 111 Å². The topological polar surface area (TPSA) is 65.2 Å². The van der Waals surface area contributed by atoms with Crippen molar-refractivity contribution >= 4 is 5.91 Å². The smallest absolute Gasteiger partial charge is 0.250 e. The van der Waals surface area contributed by atoms with E-state index in [1.54, 1.807) is 12.1 Å². The number of rotatable bonds is 4. The van der Waals surface area contributed by atoms with Gasteiger partial charge < -0.3 is 10.5 Å². The molecule has 0 atom stereocenters. The van der Waals surface area contributed by atoms with Crippen LogP contribution >= 0.6 is 0 Å². The molecular formula is C15H14N2O2. The summed E-state index contributed by atoms with van der Waals surface area (Å²) in [5.74, 6) is 1.43. The molecule has 1 saturated carbocycles. The average molecular weight is 254 g/mol. The standard InChI is InChI=1S/C15H14N2O2/c16-15(18)12-5-8-14(17-9-12)19-13-6-3-11(4-7-13)10-1-2-10/h3-10H,1-2H2,(H2,16,18). The third-order valence-electron chi connectivity index (χ3n) is 3.17. The lowest BCUT2D eigenvalue weighted by atomic mass is 10.1. The zero-order valence-corrected chi connectivity index (χ0v) is 10.4. The molecule has 4 nitrogen and oxygen atoms in total. The number of nitrogens with two attached hydrogens (primary N) is 1. The summed E-state index contributed by atoms with van der Waals surface area (Å²) in [6.07, 6.45) is 3.99. The van der Waals surface area contributed by atoms with E-state index in [2.05, 4.69) is 17.1 Å². The number of primary amides is 1. The number of benzene rings is 1. The second kappa shape index (κ2) is 4.72. The van der Waals surface area contributed by atoms with Crippen LogP contribution in [0.3, 0.4) is 0 Å². The molecule has 1 heterocycles. The minimum absolute atomic E-state index is 0.372. The first-order valence-corrected chi connectivity index (χ1v) is 6.26. The van der Waals surface area contributed by atoms with E-state index in [-0.39, 0.29) is 0 Å². The molecule has 2 N–H and O–H groups in total. The predicted octanol–water partition coefficient (Wildman–Crippen LogP) is 2.85. The van der Waals surface area contributed by atoms with Gasteiger partial charge in [-0.05, 0) is 42.5 Å². The molecule has 96 valence electrons. The number of amides is 1. The molecule has 1 fully saturated rings. The molecule has 0 spiro atoms. The summed E-state index contributed by atoms with van der Waals surface area (Å²) in [5, 5.41) is 0. The van der Waals surface area contributed by atoms with Gasteiger partial charge in [-0.25, -0.2) is 4.98 Å². The molecule has 1 amide bonds. The minimum Gasteiger partial charge on any atom is -0.439 e. The third kappa shape index (κ3) is 2.73. The Kier molecular flexibility index (Phi) is 2.91. The van der Waals surface area contributed by atoms with E-state index >= 15 is 0 Å². The molecule has 0 bridgehead atoms. The van der Waals surface area contributed by atoms with E-state index in [9.17, 15) is 4.79 Å². The van der Waals surface area contributed by atoms with E-state index < -0.39 is 5.91 Å². The molecule has 0 unspecified atom stereocenters. The van der Waals surface area contributed by atoms with Crippen LogP contribution in [0.2, 0.25) is 0 Å². The summed E-state index contributed by atoms with van der Waals surface area (Å²) < 4.78 is 5.60. The molecule has 0 saturated heterocycles. The van der Waals surface area contributed by atoms with Gasteiger partial charge in [-0.3, -0.25) is 4.79 Å². The summed E-state index contributed by atoms with van der Waals surface area (Å²) >= 11 is 0. The van der Waals surface area contributed by atoms with Crippen LogP contribution < -0.4 is 10.5 Å². The van der Waals surface area contributed by atoms with Gasteiger partial charge in [-0.2, -0.15) is 0 Å². The van der Waals surface area contributed by atoms with Crippen LogP contribution in [0.5, 0.6) is 11.6 Å². The second-order valence-corrected chi connectivity index (χ2v) is 4.69. The Hall–Kier alpha value is -2.36. The molecule has 1 aliphatic rings. The molecule has 0 radical (unpaired) electrons. The van der Waals surface area contributed by atoms with Crippen molar-refractivity contribution in [3.63, 3.8) is 0 Å². The lowest BCUT2D eigenvalue weighted by molar-refractivity contribution is 0.1000. The molecule has 1 aromatic carbocycles. The van der Waals surface area contributed by atoms with Gasteiger partial charge >= 0.3 is 0 Å². The summed E-state index contributed by atoms with van der Waals surface area (Å²) in [7, 11) is 0. The highest BCUT2D eigenvalue weighted by molar-refractivity contribution is 5.92. The van der Waals surface area contributed by atoms with Crippen LogP contribution in [-0.2, 0) is 0 Å². The summed E-state index contributed by atoms with van der Waals surface area (Å²) in [6, 6.07) is 11.3. The zero-order valence-electron chi connectivity index (χ0n) is 10.4. The van der Waals surface area contributed by atoms with Crippen LogP contribution in [0.25, 0.3) is 0 Å². The number of aromatic nitrogens is 1. The number of nitrogens with zero attached hydrogens (tertiary/aromatic N) is 1. The van der Waals surface area contributed by atoms with Crippen LogP contribution in [0, 0.1) is 0 Å². The first kappa shape index (κ1) is 11.7. The third-order valence-corrected chi connectivity index (χ3v) is 3.17. The maximum absolute atomic E-state index is 10.9. The summed E-state index contributed by atoms with van der Waals surface area (Å²) in [4.78, 5) is 15.0. The maximum Gasteiger partial charge on any atom is 0.250 e. The van der Waals surface area contributed by atoms with Gasteiger partial charge in [0.15, 0.2) is 0 Å². The first-order chi connectivity index (χ1) is 9.22. The van der Waals surface area contributed by atoms with Crippen molar-refractivity contribution < 1.29 is 9.53 Å². The zero-order chi connectivity index (χ0) is 13.2. The number of hydrogen-bond acceptors (Lipinski definition) is 3. The van der Waals surface area contributed by atoms with E-state index in [0.29, 0.717) is 11.4 Å². The maximum atomic E-state index is 10.9. The number of hydrogen-bond donors (Lipinski definition) is 1. The highest BCUT2D eigenvalue weighted by Crippen LogP contribution is 2.40. The van der Waals surface area contributed by atoms with Crippen LogP contribution in [0.15, 0.2) is 42.6 Å². The monoisotopic (exact) mass is 254 g/mol. The van der Waals surface area contributed by atoms with Crippen molar-refractivity contribution in [1.82, 2.24) is 4.98 Å². The fraction of sp³-hybridized carbons (Fsp3) is 0.200.